The van der Waals surface area contributed by atoms with Crippen molar-refractivity contribution in [3.8, 4) is 0 Å². The van der Waals surface area contributed by atoms with Crippen molar-refractivity contribution in [2.45, 2.75) is 27.2 Å². The van der Waals surface area contributed by atoms with Crippen LogP contribution < -0.4 is 4.90 Å². The molecule has 25 heavy (non-hydrogen) atoms. The Hall–Kier alpha value is -1.69. The number of rotatable bonds is 2. The third-order valence-electron chi connectivity index (χ3n) is 5.24. The molecular weight excluding hydrogens is 336 g/mol. The van der Waals surface area contributed by atoms with E-state index in [9.17, 15) is 13.8 Å². The Morgan fingerprint density at radius 3 is 2.76 bits per heavy atom. The van der Waals surface area contributed by atoms with Crippen molar-refractivity contribution in [1.29, 1.82) is 0 Å². The molecule has 6 heteroatoms. The SMILES string of the molecule is Cc1cccc(N2CC(C(=O)N3CCS(=O)CC(C)C3)CC2=O)c1C. The summed E-state index contributed by atoms with van der Waals surface area (Å²) in [6.07, 6.45) is 0.264. The van der Waals surface area contributed by atoms with Gasteiger partial charge in [-0.3, -0.25) is 13.8 Å². The first kappa shape index (κ1) is 18.1. The van der Waals surface area contributed by atoms with Gasteiger partial charge in [-0.2, -0.15) is 0 Å². The molecule has 5 nitrogen and oxygen atoms in total. The first-order chi connectivity index (χ1) is 11.9. The van der Waals surface area contributed by atoms with Gasteiger partial charge in [-0.1, -0.05) is 19.1 Å². The summed E-state index contributed by atoms with van der Waals surface area (Å²) in [7, 11) is -0.847. The summed E-state index contributed by atoms with van der Waals surface area (Å²) in [5.41, 5.74) is 3.14. The van der Waals surface area contributed by atoms with E-state index in [0.29, 0.717) is 31.1 Å². The summed E-state index contributed by atoms with van der Waals surface area (Å²) in [6, 6.07) is 5.93. The van der Waals surface area contributed by atoms with Gasteiger partial charge in [0.05, 0.1) is 5.92 Å². The zero-order chi connectivity index (χ0) is 18.1. The van der Waals surface area contributed by atoms with Gasteiger partial charge in [0.1, 0.15) is 0 Å². The van der Waals surface area contributed by atoms with Crippen molar-refractivity contribution in [3.05, 3.63) is 29.3 Å². The smallest absolute Gasteiger partial charge is 0.228 e. The average Bonchev–Trinajstić information content (AvgIpc) is 2.85. The largest absolute Gasteiger partial charge is 0.341 e. The molecule has 0 N–H and O–H groups in total. The van der Waals surface area contributed by atoms with Gasteiger partial charge in [-0.05, 0) is 37.0 Å². The molecule has 3 unspecified atom stereocenters. The summed E-state index contributed by atoms with van der Waals surface area (Å²) in [5, 5.41) is 0. The topological polar surface area (TPSA) is 57.7 Å². The van der Waals surface area contributed by atoms with Crippen molar-refractivity contribution in [1.82, 2.24) is 4.90 Å². The van der Waals surface area contributed by atoms with Gasteiger partial charge in [0.2, 0.25) is 11.8 Å². The van der Waals surface area contributed by atoms with Crippen LogP contribution in [0, 0.1) is 25.7 Å². The van der Waals surface area contributed by atoms with Gasteiger partial charge in [0, 0.05) is 54.0 Å². The van der Waals surface area contributed by atoms with Crippen LogP contribution in [-0.4, -0.2) is 52.1 Å². The van der Waals surface area contributed by atoms with Gasteiger partial charge in [0.25, 0.3) is 0 Å². The zero-order valence-electron chi connectivity index (χ0n) is 15.2. The van der Waals surface area contributed by atoms with Gasteiger partial charge in [-0.25, -0.2) is 0 Å². The summed E-state index contributed by atoms with van der Waals surface area (Å²) in [4.78, 5) is 29.0. The van der Waals surface area contributed by atoms with Gasteiger partial charge in [-0.15, -0.1) is 0 Å². The number of amides is 2. The fourth-order valence-electron chi connectivity index (χ4n) is 3.73. The Balaban J connectivity index is 1.74. The summed E-state index contributed by atoms with van der Waals surface area (Å²) in [6.45, 7) is 7.68. The van der Waals surface area contributed by atoms with Crippen molar-refractivity contribution in [2.24, 2.45) is 11.8 Å². The number of hydrogen-bond donors (Lipinski definition) is 0. The van der Waals surface area contributed by atoms with Crippen LogP contribution in [0.1, 0.15) is 24.5 Å². The maximum absolute atomic E-state index is 12.9. The molecule has 136 valence electrons. The highest BCUT2D eigenvalue weighted by Gasteiger charge is 2.38. The molecule has 2 heterocycles. The van der Waals surface area contributed by atoms with Crippen molar-refractivity contribution in [3.63, 3.8) is 0 Å². The molecule has 2 amide bonds. The van der Waals surface area contributed by atoms with E-state index in [1.807, 2.05) is 43.9 Å². The van der Waals surface area contributed by atoms with Crippen LogP contribution >= 0.6 is 0 Å². The molecule has 0 saturated carbocycles. The molecule has 3 rings (SSSR count). The Morgan fingerprint density at radius 2 is 2.00 bits per heavy atom. The molecule has 0 bridgehead atoms. The lowest BCUT2D eigenvalue weighted by Crippen LogP contribution is -2.40. The van der Waals surface area contributed by atoms with Crippen LogP contribution in [0.25, 0.3) is 0 Å². The summed E-state index contributed by atoms with van der Waals surface area (Å²) < 4.78 is 11.9. The van der Waals surface area contributed by atoms with E-state index in [1.54, 1.807) is 4.90 Å². The van der Waals surface area contributed by atoms with Crippen LogP contribution in [0.4, 0.5) is 5.69 Å². The Morgan fingerprint density at radius 1 is 1.24 bits per heavy atom. The number of nitrogens with zero attached hydrogens (tertiary/aromatic N) is 2. The molecule has 1 aromatic carbocycles. The maximum atomic E-state index is 12.9. The highest BCUT2D eigenvalue weighted by molar-refractivity contribution is 7.85. The number of hydrogen-bond acceptors (Lipinski definition) is 3. The predicted octanol–water partition coefficient (Wildman–Crippen LogP) is 1.88. The second kappa shape index (κ2) is 7.28. The summed E-state index contributed by atoms with van der Waals surface area (Å²) >= 11 is 0. The molecule has 0 aromatic heterocycles. The molecule has 0 spiro atoms. The van der Waals surface area contributed by atoms with E-state index in [0.717, 1.165) is 16.8 Å². The Bertz CT molecular complexity index is 719. The fraction of sp³-hybridized carbons (Fsp3) is 0.579. The van der Waals surface area contributed by atoms with E-state index in [-0.39, 0.29) is 30.1 Å². The molecule has 1 aromatic rings. The molecule has 2 aliphatic heterocycles. The van der Waals surface area contributed by atoms with Crippen LogP contribution in [0.5, 0.6) is 0 Å². The second-order valence-corrected chi connectivity index (χ2v) is 8.95. The monoisotopic (exact) mass is 362 g/mol. The number of aryl methyl sites for hydroxylation is 1. The molecule has 2 fully saturated rings. The average molecular weight is 362 g/mol. The minimum atomic E-state index is -0.847. The molecule has 0 radical (unpaired) electrons. The zero-order valence-corrected chi connectivity index (χ0v) is 16.0. The molecular formula is C19H26N2O3S. The first-order valence-corrected chi connectivity index (χ1v) is 10.4. The van der Waals surface area contributed by atoms with Gasteiger partial charge >= 0.3 is 0 Å². The minimum Gasteiger partial charge on any atom is -0.341 e. The van der Waals surface area contributed by atoms with Crippen LogP contribution in [0.2, 0.25) is 0 Å². The van der Waals surface area contributed by atoms with E-state index in [4.69, 9.17) is 0 Å². The first-order valence-electron chi connectivity index (χ1n) is 8.87. The Kier molecular flexibility index (Phi) is 5.27. The number of carbonyl (C=O) groups excluding carboxylic acids is 2. The van der Waals surface area contributed by atoms with Crippen LogP contribution in [-0.2, 0) is 20.4 Å². The Labute approximate surface area is 151 Å². The normalized spacial score (nSPS) is 27.5. The lowest BCUT2D eigenvalue weighted by atomic mass is 10.1. The third-order valence-corrected chi connectivity index (χ3v) is 6.82. The highest BCUT2D eigenvalue weighted by Crippen LogP contribution is 2.30. The van der Waals surface area contributed by atoms with Crippen molar-refractivity contribution in [2.75, 3.05) is 36.0 Å². The van der Waals surface area contributed by atoms with Crippen molar-refractivity contribution < 1.29 is 13.8 Å². The molecule has 2 aliphatic rings. The van der Waals surface area contributed by atoms with E-state index in [2.05, 4.69) is 0 Å². The standard InChI is InChI=1S/C19H26N2O3S/c1-13-10-20(7-8-25(24)12-13)19(23)16-9-18(22)21(11-16)17-6-4-5-14(2)15(17)3/h4-6,13,16H,7-12H2,1-3H3. The van der Waals surface area contributed by atoms with E-state index < -0.39 is 10.8 Å². The quantitative estimate of drug-likeness (QED) is 0.807. The maximum Gasteiger partial charge on any atom is 0.228 e. The van der Waals surface area contributed by atoms with E-state index >= 15 is 0 Å². The number of anilines is 1. The fourth-order valence-corrected chi connectivity index (χ4v) is 5.06. The van der Waals surface area contributed by atoms with Crippen molar-refractivity contribution >= 4 is 28.3 Å². The lowest BCUT2D eigenvalue weighted by molar-refractivity contribution is -0.136. The third kappa shape index (κ3) is 3.78. The molecule has 0 aliphatic carbocycles. The molecule has 3 atom stereocenters. The van der Waals surface area contributed by atoms with Gasteiger partial charge in [0.15, 0.2) is 0 Å². The van der Waals surface area contributed by atoms with Gasteiger partial charge < -0.3 is 9.80 Å². The van der Waals surface area contributed by atoms with Crippen LogP contribution in [0.15, 0.2) is 18.2 Å². The highest BCUT2D eigenvalue weighted by atomic mass is 32.2. The van der Waals surface area contributed by atoms with E-state index in [1.165, 1.54) is 0 Å². The number of carbonyl (C=O) groups is 2. The second-order valence-electron chi connectivity index (χ2n) is 7.32. The number of benzene rings is 1. The molecule has 2 saturated heterocycles. The minimum absolute atomic E-state index is 0.0125. The summed E-state index contributed by atoms with van der Waals surface area (Å²) in [5.74, 6) is 1.18. The lowest BCUT2D eigenvalue weighted by Gasteiger charge is -2.25. The van der Waals surface area contributed by atoms with Crippen LogP contribution in [0.3, 0.4) is 0 Å². The predicted molar refractivity (Wildman–Crippen MR) is 100.0 cm³/mol.